The predicted octanol–water partition coefficient (Wildman–Crippen LogP) is 2.09. The van der Waals surface area contributed by atoms with Gasteiger partial charge in [-0.25, -0.2) is 0 Å². The first-order valence-electron chi connectivity index (χ1n) is 6.39. The van der Waals surface area contributed by atoms with Gasteiger partial charge in [-0.1, -0.05) is 23.7 Å². The average molecular weight is 267 g/mol. The monoisotopic (exact) mass is 266 g/mol. The minimum atomic E-state index is 0.0596. The minimum absolute atomic E-state index is 0.0596. The second kappa shape index (κ2) is 6.21. The van der Waals surface area contributed by atoms with Gasteiger partial charge in [-0.15, -0.1) is 0 Å². The van der Waals surface area contributed by atoms with Crippen molar-refractivity contribution in [3.63, 3.8) is 0 Å². The van der Waals surface area contributed by atoms with Crippen molar-refractivity contribution < 1.29 is 4.79 Å². The second-order valence-electron chi connectivity index (χ2n) is 4.81. The van der Waals surface area contributed by atoms with Crippen molar-refractivity contribution in [2.45, 2.75) is 25.3 Å². The van der Waals surface area contributed by atoms with Crippen LogP contribution < -0.4 is 5.32 Å². The third-order valence-electron chi connectivity index (χ3n) is 3.43. The molecule has 98 valence electrons. The molecule has 1 heterocycles. The fourth-order valence-electron chi connectivity index (χ4n) is 2.38. The van der Waals surface area contributed by atoms with Crippen LogP contribution in [0.2, 0.25) is 5.02 Å². The lowest BCUT2D eigenvalue weighted by molar-refractivity contribution is -0.125. The fraction of sp³-hybridized carbons (Fsp3) is 0.500. The molecule has 0 aromatic heterocycles. The molecule has 0 aliphatic carbocycles. The zero-order chi connectivity index (χ0) is 13.0. The van der Waals surface area contributed by atoms with Crippen molar-refractivity contribution in [2.75, 3.05) is 20.1 Å². The number of nitrogens with zero attached hydrogens (tertiary/aromatic N) is 1. The fourth-order valence-corrected chi connectivity index (χ4v) is 2.59. The van der Waals surface area contributed by atoms with Crippen LogP contribution in [0.15, 0.2) is 24.3 Å². The Labute approximate surface area is 113 Å². The molecule has 1 aromatic rings. The zero-order valence-corrected chi connectivity index (χ0v) is 11.4. The summed E-state index contributed by atoms with van der Waals surface area (Å²) in [5.74, 6) is 0.150. The molecule has 0 spiro atoms. The van der Waals surface area contributed by atoms with E-state index in [0.717, 1.165) is 36.4 Å². The van der Waals surface area contributed by atoms with E-state index >= 15 is 0 Å². The van der Waals surface area contributed by atoms with Gasteiger partial charge in [0.05, 0.1) is 6.04 Å². The molecule has 1 saturated heterocycles. The number of hydrogen-bond acceptors (Lipinski definition) is 2. The summed E-state index contributed by atoms with van der Waals surface area (Å²) >= 11 is 5.92. The highest BCUT2D eigenvalue weighted by Gasteiger charge is 2.27. The topological polar surface area (TPSA) is 32.3 Å². The number of hydrogen-bond donors (Lipinski definition) is 1. The van der Waals surface area contributed by atoms with Crippen molar-refractivity contribution in [1.29, 1.82) is 0 Å². The van der Waals surface area contributed by atoms with Gasteiger partial charge in [-0.2, -0.15) is 0 Å². The lowest BCUT2D eigenvalue weighted by Crippen LogP contribution is -2.42. The van der Waals surface area contributed by atoms with Crippen LogP contribution >= 0.6 is 11.6 Å². The quantitative estimate of drug-likeness (QED) is 0.905. The van der Waals surface area contributed by atoms with Gasteiger partial charge in [0.1, 0.15) is 0 Å². The van der Waals surface area contributed by atoms with Crippen molar-refractivity contribution in [3.8, 4) is 0 Å². The Hall–Kier alpha value is -1.06. The van der Waals surface area contributed by atoms with Gasteiger partial charge in [0, 0.05) is 11.6 Å². The number of carbonyl (C=O) groups is 1. The van der Waals surface area contributed by atoms with Gasteiger partial charge in [0.2, 0.25) is 5.91 Å². The Morgan fingerprint density at radius 2 is 2.39 bits per heavy atom. The number of halogens is 1. The average Bonchev–Trinajstić information content (AvgIpc) is 2.75. The van der Waals surface area contributed by atoms with Crippen LogP contribution in [-0.4, -0.2) is 37.0 Å². The highest BCUT2D eigenvalue weighted by Crippen LogP contribution is 2.14. The number of nitrogens with one attached hydrogen (secondary N) is 1. The van der Waals surface area contributed by atoms with Crippen molar-refractivity contribution in [2.24, 2.45) is 0 Å². The number of benzene rings is 1. The number of likely N-dealkylation sites (N-methyl/N-ethyl adjacent to an activating group) is 1. The minimum Gasteiger partial charge on any atom is -0.354 e. The highest BCUT2D eigenvalue weighted by atomic mass is 35.5. The van der Waals surface area contributed by atoms with Gasteiger partial charge in [0.25, 0.3) is 0 Å². The predicted molar refractivity (Wildman–Crippen MR) is 73.8 cm³/mol. The molecular weight excluding hydrogens is 248 g/mol. The van der Waals surface area contributed by atoms with Crippen LogP contribution in [0.4, 0.5) is 0 Å². The lowest BCUT2D eigenvalue weighted by Gasteiger charge is -2.18. The Balaban J connectivity index is 1.77. The molecule has 3 nitrogen and oxygen atoms in total. The standard InChI is InChI=1S/C14H19ClN2O/c1-17-9-3-6-13(17)14(18)16-8-7-11-4-2-5-12(15)10-11/h2,4-5,10,13H,3,6-9H2,1H3,(H,16,18). The van der Waals surface area contributed by atoms with Crippen LogP contribution in [0.3, 0.4) is 0 Å². The maximum Gasteiger partial charge on any atom is 0.237 e. The molecule has 1 aromatic carbocycles. The van der Waals surface area contributed by atoms with Gasteiger partial charge in [-0.3, -0.25) is 9.69 Å². The van der Waals surface area contributed by atoms with E-state index in [4.69, 9.17) is 11.6 Å². The number of likely N-dealkylation sites (tertiary alicyclic amines) is 1. The van der Waals surface area contributed by atoms with Gasteiger partial charge < -0.3 is 5.32 Å². The van der Waals surface area contributed by atoms with Gasteiger partial charge in [-0.05, 0) is 50.6 Å². The SMILES string of the molecule is CN1CCCC1C(=O)NCCc1cccc(Cl)c1. The summed E-state index contributed by atoms with van der Waals surface area (Å²) in [6.07, 6.45) is 2.91. The van der Waals surface area contributed by atoms with Crippen LogP contribution in [0.5, 0.6) is 0 Å². The molecule has 0 radical (unpaired) electrons. The first-order chi connectivity index (χ1) is 8.66. The molecule has 2 rings (SSSR count). The summed E-state index contributed by atoms with van der Waals surface area (Å²) in [4.78, 5) is 14.1. The van der Waals surface area contributed by atoms with Crippen LogP contribution in [-0.2, 0) is 11.2 Å². The lowest BCUT2D eigenvalue weighted by atomic mass is 10.1. The molecule has 1 unspecified atom stereocenters. The van der Waals surface area contributed by atoms with E-state index in [-0.39, 0.29) is 11.9 Å². The summed E-state index contributed by atoms with van der Waals surface area (Å²) in [5.41, 5.74) is 1.16. The van der Waals surface area contributed by atoms with Gasteiger partial charge >= 0.3 is 0 Å². The van der Waals surface area contributed by atoms with E-state index in [1.165, 1.54) is 0 Å². The van der Waals surface area contributed by atoms with E-state index in [1.54, 1.807) is 0 Å². The molecule has 1 atom stereocenters. The highest BCUT2D eigenvalue weighted by molar-refractivity contribution is 6.30. The molecule has 1 amide bonds. The third-order valence-corrected chi connectivity index (χ3v) is 3.66. The molecule has 0 saturated carbocycles. The van der Waals surface area contributed by atoms with Crippen molar-refractivity contribution in [1.82, 2.24) is 10.2 Å². The molecule has 4 heteroatoms. The second-order valence-corrected chi connectivity index (χ2v) is 5.25. The smallest absolute Gasteiger partial charge is 0.237 e. The maximum absolute atomic E-state index is 11.9. The molecule has 1 N–H and O–H groups in total. The molecule has 0 bridgehead atoms. The van der Waals surface area contributed by atoms with E-state index < -0.39 is 0 Å². The maximum atomic E-state index is 11.9. The van der Waals surface area contributed by atoms with Crippen LogP contribution in [0, 0.1) is 0 Å². The Morgan fingerprint density at radius 1 is 1.56 bits per heavy atom. The largest absolute Gasteiger partial charge is 0.354 e. The molecule has 1 aliphatic heterocycles. The Kier molecular flexibility index (Phi) is 4.61. The van der Waals surface area contributed by atoms with E-state index in [9.17, 15) is 4.79 Å². The normalized spacial score (nSPS) is 20.0. The summed E-state index contributed by atoms with van der Waals surface area (Å²) in [5, 5.41) is 3.74. The molecule has 1 fully saturated rings. The first kappa shape index (κ1) is 13.4. The summed E-state index contributed by atoms with van der Waals surface area (Å²) < 4.78 is 0. The van der Waals surface area contributed by atoms with E-state index in [0.29, 0.717) is 6.54 Å². The number of carbonyl (C=O) groups excluding carboxylic acids is 1. The molecular formula is C14H19ClN2O. The summed E-state index contributed by atoms with van der Waals surface area (Å²) in [7, 11) is 2.01. The summed E-state index contributed by atoms with van der Waals surface area (Å²) in [6.45, 7) is 1.69. The Bertz CT molecular complexity index is 422. The number of amides is 1. The van der Waals surface area contributed by atoms with Crippen molar-refractivity contribution in [3.05, 3.63) is 34.9 Å². The Morgan fingerprint density at radius 3 is 3.06 bits per heavy atom. The zero-order valence-electron chi connectivity index (χ0n) is 10.7. The van der Waals surface area contributed by atoms with Crippen LogP contribution in [0.1, 0.15) is 18.4 Å². The molecule has 18 heavy (non-hydrogen) atoms. The third kappa shape index (κ3) is 3.47. The van der Waals surface area contributed by atoms with Crippen molar-refractivity contribution >= 4 is 17.5 Å². The molecule has 1 aliphatic rings. The number of rotatable bonds is 4. The van der Waals surface area contributed by atoms with E-state index in [1.807, 2.05) is 31.3 Å². The van der Waals surface area contributed by atoms with Crippen LogP contribution in [0.25, 0.3) is 0 Å². The summed E-state index contributed by atoms with van der Waals surface area (Å²) in [6, 6.07) is 7.82. The van der Waals surface area contributed by atoms with Gasteiger partial charge in [0.15, 0.2) is 0 Å². The van der Waals surface area contributed by atoms with E-state index in [2.05, 4.69) is 10.2 Å². The first-order valence-corrected chi connectivity index (χ1v) is 6.77.